The molecule has 0 aliphatic carbocycles. The molecule has 0 saturated carbocycles. The number of thiophene rings is 1. The minimum absolute atomic E-state index is 0.175. The monoisotopic (exact) mass is 284 g/mol. The largest absolute Gasteiger partial charge is 0.383 e. The third kappa shape index (κ3) is 6.52. The van der Waals surface area contributed by atoms with E-state index >= 15 is 0 Å². The van der Waals surface area contributed by atoms with E-state index in [1.165, 1.54) is 9.75 Å². The maximum Gasteiger partial charge on any atom is 0.0615 e. The van der Waals surface area contributed by atoms with Gasteiger partial charge in [-0.15, -0.1) is 11.3 Å². The van der Waals surface area contributed by atoms with Gasteiger partial charge in [-0.1, -0.05) is 0 Å². The molecule has 1 atom stereocenters. The number of nitrogens with zero attached hydrogens (tertiary/aromatic N) is 1. The van der Waals surface area contributed by atoms with Crippen LogP contribution >= 0.6 is 11.3 Å². The minimum atomic E-state index is 0.175. The molecule has 19 heavy (non-hydrogen) atoms. The van der Waals surface area contributed by atoms with Crippen molar-refractivity contribution >= 4 is 11.3 Å². The Balaban J connectivity index is 2.46. The molecule has 1 unspecified atom stereocenters. The first-order valence-electron chi connectivity index (χ1n) is 6.83. The quantitative estimate of drug-likeness (QED) is 0.832. The number of hydrogen-bond acceptors (Lipinski definition) is 4. The van der Waals surface area contributed by atoms with Crippen LogP contribution in [-0.4, -0.2) is 37.2 Å². The number of ether oxygens (including phenoxy) is 1. The Morgan fingerprint density at radius 3 is 2.53 bits per heavy atom. The van der Waals surface area contributed by atoms with Gasteiger partial charge in [0.05, 0.1) is 6.61 Å². The maximum atomic E-state index is 5.20. The predicted octanol–water partition coefficient (Wildman–Crippen LogP) is 3.10. The van der Waals surface area contributed by atoms with E-state index in [1.807, 2.05) is 11.3 Å². The lowest BCUT2D eigenvalue weighted by molar-refractivity contribution is 0.112. The Labute approximate surface area is 122 Å². The second-order valence-corrected chi connectivity index (χ2v) is 7.44. The summed E-state index contributed by atoms with van der Waals surface area (Å²) in [6.45, 7) is 11.5. The number of nitrogens with one attached hydrogen (secondary N) is 1. The van der Waals surface area contributed by atoms with Crippen LogP contribution in [0.1, 0.15) is 37.4 Å². The van der Waals surface area contributed by atoms with Crippen LogP contribution in [0.3, 0.4) is 0 Å². The van der Waals surface area contributed by atoms with Gasteiger partial charge in [0.2, 0.25) is 0 Å². The van der Waals surface area contributed by atoms with Crippen LogP contribution in [0.4, 0.5) is 0 Å². The third-order valence-corrected chi connectivity index (χ3v) is 4.15. The van der Waals surface area contributed by atoms with E-state index in [0.717, 1.165) is 19.7 Å². The van der Waals surface area contributed by atoms with Crippen LogP contribution in [-0.2, 0) is 17.8 Å². The molecule has 0 bridgehead atoms. The first-order valence-corrected chi connectivity index (χ1v) is 7.65. The topological polar surface area (TPSA) is 24.5 Å². The smallest absolute Gasteiger partial charge is 0.0615 e. The molecule has 0 aliphatic rings. The third-order valence-electron chi connectivity index (χ3n) is 3.08. The summed E-state index contributed by atoms with van der Waals surface area (Å²) in [4.78, 5) is 5.14. The van der Waals surface area contributed by atoms with E-state index in [2.05, 4.69) is 57.1 Å². The summed E-state index contributed by atoms with van der Waals surface area (Å²) in [5, 5.41) is 3.52. The van der Waals surface area contributed by atoms with Gasteiger partial charge in [0.25, 0.3) is 0 Å². The zero-order valence-electron chi connectivity index (χ0n) is 13.1. The Kier molecular flexibility index (Phi) is 6.47. The first kappa shape index (κ1) is 16.6. The lowest BCUT2D eigenvalue weighted by Gasteiger charge is -2.23. The molecule has 1 rings (SSSR count). The predicted molar refractivity (Wildman–Crippen MR) is 83.7 cm³/mol. The highest BCUT2D eigenvalue weighted by Crippen LogP contribution is 2.19. The van der Waals surface area contributed by atoms with E-state index in [1.54, 1.807) is 7.11 Å². The van der Waals surface area contributed by atoms with Gasteiger partial charge >= 0.3 is 0 Å². The Bertz CT molecular complexity index is 370. The highest BCUT2D eigenvalue weighted by atomic mass is 32.1. The maximum absolute atomic E-state index is 5.20. The average Bonchev–Trinajstić information content (AvgIpc) is 2.73. The molecule has 1 heterocycles. The zero-order chi connectivity index (χ0) is 14.5. The summed E-state index contributed by atoms with van der Waals surface area (Å²) in [5.41, 5.74) is 0.175. The van der Waals surface area contributed by atoms with Crippen LogP contribution in [0, 0.1) is 0 Å². The molecule has 110 valence electrons. The summed E-state index contributed by atoms with van der Waals surface area (Å²) in [5.74, 6) is 0. The van der Waals surface area contributed by atoms with Crippen molar-refractivity contribution in [1.29, 1.82) is 0 Å². The molecule has 4 heteroatoms. The van der Waals surface area contributed by atoms with Crippen molar-refractivity contribution < 1.29 is 4.74 Å². The van der Waals surface area contributed by atoms with Crippen LogP contribution in [0.15, 0.2) is 12.1 Å². The van der Waals surface area contributed by atoms with Gasteiger partial charge < -0.3 is 10.1 Å². The molecule has 3 nitrogen and oxygen atoms in total. The summed E-state index contributed by atoms with van der Waals surface area (Å²) < 4.78 is 5.20. The van der Waals surface area contributed by atoms with Gasteiger partial charge in [0, 0.05) is 41.5 Å². The zero-order valence-corrected chi connectivity index (χ0v) is 13.9. The number of methoxy groups -OCH3 is 1. The molecule has 0 amide bonds. The molecule has 0 fully saturated rings. The summed E-state index contributed by atoms with van der Waals surface area (Å²) >= 11 is 1.89. The van der Waals surface area contributed by atoms with E-state index in [0.29, 0.717) is 6.04 Å². The van der Waals surface area contributed by atoms with Gasteiger partial charge in [-0.05, 0) is 46.9 Å². The van der Waals surface area contributed by atoms with E-state index in [4.69, 9.17) is 4.74 Å². The molecule has 0 spiro atoms. The highest BCUT2D eigenvalue weighted by molar-refractivity contribution is 7.11. The van der Waals surface area contributed by atoms with Crippen molar-refractivity contribution in [2.45, 2.75) is 52.4 Å². The van der Waals surface area contributed by atoms with Crippen LogP contribution in [0.2, 0.25) is 0 Å². The Morgan fingerprint density at radius 1 is 1.32 bits per heavy atom. The lowest BCUT2D eigenvalue weighted by Crippen LogP contribution is -2.34. The second-order valence-electron chi connectivity index (χ2n) is 6.19. The van der Waals surface area contributed by atoms with Crippen LogP contribution < -0.4 is 5.32 Å². The van der Waals surface area contributed by atoms with Gasteiger partial charge in [0.1, 0.15) is 0 Å². The lowest BCUT2D eigenvalue weighted by atomic mass is 10.1. The van der Waals surface area contributed by atoms with E-state index in [9.17, 15) is 0 Å². The van der Waals surface area contributed by atoms with Gasteiger partial charge in [-0.25, -0.2) is 0 Å². The SMILES string of the molecule is COCC(C)N(C)Cc1ccc(CNC(C)(C)C)s1. The van der Waals surface area contributed by atoms with Crippen molar-refractivity contribution in [1.82, 2.24) is 10.2 Å². The molecule has 0 saturated heterocycles. The molecule has 1 aromatic heterocycles. The molecular weight excluding hydrogens is 256 g/mol. The van der Waals surface area contributed by atoms with Crippen molar-refractivity contribution in [2.24, 2.45) is 0 Å². The molecule has 0 radical (unpaired) electrons. The first-order chi connectivity index (χ1) is 8.81. The second kappa shape index (κ2) is 7.39. The molecule has 0 aromatic carbocycles. The fraction of sp³-hybridized carbons (Fsp3) is 0.733. The number of rotatable bonds is 7. The van der Waals surface area contributed by atoms with Gasteiger partial charge in [0.15, 0.2) is 0 Å². The van der Waals surface area contributed by atoms with Crippen molar-refractivity contribution in [2.75, 3.05) is 20.8 Å². The van der Waals surface area contributed by atoms with E-state index in [-0.39, 0.29) is 5.54 Å². The fourth-order valence-corrected chi connectivity index (χ4v) is 2.75. The van der Waals surface area contributed by atoms with Crippen molar-refractivity contribution in [3.05, 3.63) is 21.9 Å². The molecule has 1 aromatic rings. The summed E-state index contributed by atoms with van der Waals surface area (Å²) in [7, 11) is 3.90. The summed E-state index contributed by atoms with van der Waals surface area (Å²) in [6, 6.07) is 4.91. The van der Waals surface area contributed by atoms with Crippen molar-refractivity contribution in [3.63, 3.8) is 0 Å². The number of hydrogen-bond donors (Lipinski definition) is 1. The summed E-state index contributed by atoms with van der Waals surface area (Å²) in [6.07, 6.45) is 0. The van der Waals surface area contributed by atoms with Gasteiger partial charge in [-0.2, -0.15) is 0 Å². The van der Waals surface area contributed by atoms with Crippen LogP contribution in [0.5, 0.6) is 0 Å². The number of likely N-dealkylation sites (N-methyl/N-ethyl adjacent to an activating group) is 1. The average molecular weight is 284 g/mol. The Hall–Kier alpha value is -0.420. The van der Waals surface area contributed by atoms with Crippen molar-refractivity contribution in [3.8, 4) is 0 Å². The molecular formula is C15H28N2OS. The fourth-order valence-electron chi connectivity index (χ4n) is 1.72. The van der Waals surface area contributed by atoms with Gasteiger partial charge in [-0.3, -0.25) is 4.90 Å². The molecule has 1 N–H and O–H groups in total. The highest BCUT2D eigenvalue weighted by Gasteiger charge is 2.12. The Morgan fingerprint density at radius 2 is 1.95 bits per heavy atom. The normalized spacial score (nSPS) is 14.1. The standard InChI is InChI=1S/C15H28N2OS/c1-12(11-18-6)17(5)10-14-8-7-13(19-14)9-16-15(2,3)4/h7-8,12,16H,9-11H2,1-6H3. The molecule has 0 aliphatic heterocycles. The minimum Gasteiger partial charge on any atom is -0.383 e. The van der Waals surface area contributed by atoms with Crippen LogP contribution in [0.25, 0.3) is 0 Å². The van der Waals surface area contributed by atoms with E-state index < -0.39 is 0 Å².